The van der Waals surface area contributed by atoms with Gasteiger partial charge in [0.05, 0.1) is 15.7 Å². The van der Waals surface area contributed by atoms with Crippen LogP contribution in [0, 0.1) is 0 Å². The molecule has 0 unspecified atom stereocenters. The minimum atomic E-state index is -0.109. The van der Waals surface area contributed by atoms with Gasteiger partial charge in [0.15, 0.2) is 0 Å². The summed E-state index contributed by atoms with van der Waals surface area (Å²) in [5.74, 6) is -0.109. The van der Waals surface area contributed by atoms with Crippen molar-refractivity contribution < 1.29 is 4.79 Å². The summed E-state index contributed by atoms with van der Waals surface area (Å²) in [6.45, 7) is 0. The number of thiazole rings is 1. The lowest BCUT2D eigenvalue weighted by Gasteiger charge is -2.05. The topological polar surface area (TPSA) is 57.8 Å². The van der Waals surface area contributed by atoms with E-state index in [4.69, 9.17) is 0 Å². The van der Waals surface area contributed by atoms with Crippen molar-refractivity contribution in [3.8, 4) is 0 Å². The van der Waals surface area contributed by atoms with Gasteiger partial charge in [0.2, 0.25) is 0 Å². The van der Waals surface area contributed by atoms with Gasteiger partial charge in [0.25, 0.3) is 5.91 Å². The number of aromatic amines is 1. The van der Waals surface area contributed by atoms with Crippen molar-refractivity contribution in [2.75, 3.05) is 5.32 Å². The number of carbonyl (C=O) groups excluding carboxylic acids is 1. The van der Waals surface area contributed by atoms with Crippen molar-refractivity contribution in [3.63, 3.8) is 0 Å². The molecule has 0 saturated carbocycles. The van der Waals surface area contributed by atoms with Crippen LogP contribution in [0.5, 0.6) is 0 Å². The van der Waals surface area contributed by atoms with Gasteiger partial charge in [0, 0.05) is 28.4 Å². The number of nitrogens with zero attached hydrogens (tertiary/aromatic N) is 1. The zero-order chi connectivity index (χ0) is 14.2. The lowest BCUT2D eigenvalue weighted by molar-refractivity contribution is 0.102. The summed E-state index contributed by atoms with van der Waals surface area (Å²) in [4.78, 5) is 19.7. The Labute approximate surface area is 124 Å². The van der Waals surface area contributed by atoms with Crippen LogP contribution in [0.25, 0.3) is 21.1 Å². The first-order valence-electron chi connectivity index (χ1n) is 6.51. The van der Waals surface area contributed by atoms with Crippen LogP contribution in [0.4, 0.5) is 5.69 Å². The van der Waals surface area contributed by atoms with Gasteiger partial charge in [-0.3, -0.25) is 4.79 Å². The van der Waals surface area contributed by atoms with E-state index in [-0.39, 0.29) is 5.91 Å². The molecule has 4 rings (SSSR count). The molecule has 2 heterocycles. The van der Waals surface area contributed by atoms with E-state index >= 15 is 0 Å². The highest BCUT2D eigenvalue weighted by Crippen LogP contribution is 2.22. The van der Waals surface area contributed by atoms with Crippen LogP contribution in [0.3, 0.4) is 0 Å². The third kappa shape index (κ3) is 2.17. The quantitative estimate of drug-likeness (QED) is 0.586. The highest BCUT2D eigenvalue weighted by molar-refractivity contribution is 7.16. The number of anilines is 1. The smallest absolute Gasteiger partial charge is 0.255 e. The number of benzene rings is 2. The van der Waals surface area contributed by atoms with Crippen LogP contribution in [-0.4, -0.2) is 15.9 Å². The maximum absolute atomic E-state index is 12.3. The van der Waals surface area contributed by atoms with Gasteiger partial charge in [-0.15, -0.1) is 11.3 Å². The van der Waals surface area contributed by atoms with Gasteiger partial charge in [-0.05, 0) is 42.5 Å². The van der Waals surface area contributed by atoms with Gasteiger partial charge in [-0.1, -0.05) is 0 Å². The molecule has 102 valence electrons. The molecular formula is C16H11N3OS. The van der Waals surface area contributed by atoms with Crippen LogP contribution in [0.1, 0.15) is 10.4 Å². The molecule has 4 aromatic rings. The monoisotopic (exact) mass is 293 g/mol. The number of hydrogen-bond acceptors (Lipinski definition) is 3. The number of H-pyrrole nitrogens is 1. The van der Waals surface area contributed by atoms with Crippen LogP contribution >= 0.6 is 11.3 Å². The van der Waals surface area contributed by atoms with Gasteiger partial charge in [0.1, 0.15) is 0 Å². The number of hydrogen-bond donors (Lipinski definition) is 2. The molecule has 2 aromatic carbocycles. The van der Waals surface area contributed by atoms with Crippen molar-refractivity contribution in [3.05, 3.63) is 59.7 Å². The molecule has 21 heavy (non-hydrogen) atoms. The van der Waals surface area contributed by atoms with E-state index in [0.29, 0.717) is 5.56 Å². The normalized spacial score (nSPS) is 11.0. The number of rotatable bonds is 2. The van der Waals surface area contributed by atoms with Crippen molar-refractivity contribution in [2.45, 2.75) is 0 Å². The van der Waals surface area contributed by atoms with Crippen molar-refractivity contribution in [2.24, 2.45) is 0 Å². The Morgan fingerprint density at radius 2 is 2.10 bits per heavy atom. The number of aromatic nitrogens is 2. The van der Waals surface area contributed by atoms with Crippen LogP contribution in [0.2, 0.25) is 0 Å². The molecule has 1 amide bonds. The molecule has 5 heteroatoms. The highest BCUT2D eigenvalue weighted by Gasteiger charge is 2.08. The van der Waals surface area contributed by atoms with Crippen molar-refractivity contribution in [1.29, 1.82) is 0 Å². The third-order valence-electron chi connectivity index (χ3n) is 3.40. The zero-order valence-electron chi connectivity index (χ0n) is 11.0. The SMILES string of the molecule is O=C(Nc1ccc2ncsc2c1)c1ccc2[nH]ccc2c1. The maximum atomic E-state index is 12.3. The standard InChI is InChI=1S/C16H11N3OS/c20-16(11-1-3-13-10(7-11)5-6-17-13)19-12-2-4-14-15(8-12)21-9-18-14/h1-9,17H,(H,19,20). The largest absolute Gasteiger partial charge is 0.361 e. The molecule has 0 aliphatic carbocycles. The summed E-state index contributed by atoms with van der Waals surface area (Å²) >= 11 is 1.56. The van der Waals surface area contributed by atoms with Crippen LogP contribution in [-0.2, 0) is 0 Å². The minimum absolute atomic E-state index is 0.109. The summed E-state index contributed by atoms with van der Waals surface area (Å²) in [6.07, 6.45) is 1.87. The Balaban J connectivity index is 1.64. The average molecular weight is 293 g/mol. The predicted molar refractivity (Wildman–Crippen MR) is 85.9 cm³/mol. The fourth-order valence-corrected chi connectivity index (χ4v) is 3.05. The molecule has 2 aromatic heterocycles. The highest BCUT2D eigenvalue weighted by atomic mass is 32.1. The lowest BCUT2D eigenvalue weighted by atomic mass is 10.1. The molecule has 0 bridgehead atoms. The van der Waals surface area contributed by atoms with Gasteiger partial charge >= 0.3 is 0 Å². The first kappa shape index (κ1) is 12.1. The van der Waals surface area contributed by atoms with E-state index in [2.05, 4.69) is 15.3 Å². The van der Waals surface area contributed by atoms with Gasteiger partial charge in [-0.25, -0.2) is 4.98 Å². The summed E-state index contributed by atoms with van der Waals surface area (Å²) in [5, 5.41) is 3.96. The molecule has 0 aliphatic rings. The molecule has 0 spiro atoms. The summed E-state index contributed by atoms with van der Waals surface area (Å²) in [6, 6.07) is 13.3. The first-order chi connectivity index (χ1) is 10.3. The van der Waals surface area contributed by atoms with Crippen LogP contribution in [0.15, 0.2) is 54.2 Å². The van der Waals surface area contributed by atoms with Gasteiger partial charge in [-0.2, -0.15) is 0 Å². The fraction of sp³-hybridized carbons (Fsp3) is 0. The summed E-state index contributed by atoms with van der Waals surface area (Å²) in [7, 11) is 0. The third-order valence-corrected chi connectivity index (χ3v) is 4.20. The Bertz CT molecular complexity index is 954. The van der Waals surface area contributed by atoms with E-state index in [1.807, 2.05) is 48.7 Å². The Morgan fingerprint density at radius 1 is 1.14 bits per heavy atom. The Hall–Kier alpha value is -2.66. The second kappa shape index (κ2) is 4.71. The van der Waals surface area contributed by atoms with E-state index < -0.39 is 0 Å². The zero-order valence-corrected chi connectivity index (χ0v) is 11.8. The molecule has 0 aliphatic heterocycles. The number of nitrogens with one attached hydrogen (secondary N) is 2. The molecule has 4 nitrogen and oxygen atoms in total. The summed E-state index contributed by atoms with van der Waals surface area (Å²) in [5.41, 5.74) is 5.21. The molecular weight excluding hydrogens is 282 g/mol. The molecule has 0 saturated heterocycles. The van der Waals surface area contributed by atoms with Crippen molar-refractivity contribution in [1.82, 2.24) is 9.97 Å². The second-order valence-electron chi connectivity index (χ2n) is 4.77. The Morgan fingerprint density at radius 3 is 3.05 bits per heavy atom. The van der Waals surface area contributed by atoms with E-state index in [0.717, 1.165) is 26.8 Å². The van der Waals surface area contributed by atoms with E-state index in [1.54, 1.807) is 16.8 Å². The Kier molecular flexibility index (Phi) is 2.72. The number of amides is 1. The van der Waals surface area contributed by atoms with Gasteiger partial charge < -0.3 is 10.3 Å². The first-order valence-corrected chi connectivity index (χ1v) is 7.39. The van der Waals surface area contributed by atoms with E-state index in [1.165, 1.54) is 0 Å². The number of carbonyl (C=O) groups is 1. The minimum Gasteiger partial charge on any atom is -0.361 e. The van der Waals surface area contributed by atoms with Crippen LogP contribution < -0.4 is 5.32 Å². The lowest BCUT2D eigenvalue weighted by Crippen LogP contribution is -2.11. The predicted octanol–water partition coefficient (Wildman–Crippen LogP) is 4.03. The van der Waals surface area contributed by atoms with Crippen molar-refractivity contribution >= 4 is 44.1 Å². The molecule has 0 atom stereocenters. The molecule has 0 radical (unpaired) electrons. The molecule has 2 N–H and O–H groups in total. The molecule has 0 fully saturated rings. The second-order valence-corrected chi connectivity index (χ2v) is 5.66. The summed E-state index contributed by atoms with van der Waals surface area (Å²) < 4.78 is 1.06. The maximum Gasteiger partial charge on any atom is 0.255 e. The van der Waals surface area contributed by atoms with E-state index in [9.17, 15) is 4.79 Å². The number of fused-ring (bicyclic) bond motifs is 2. The fourth-order valence-electron chi connectivity index (χ4n) is 2.33. The average Bonchev–Trinajstić information content (AvgIpc) is 3.14.